The zero-order valence-corrected chi connectivity index (χ0v) is 13.4. The molecule has 0 fully saturated rings. The quantitative estimate of drug-likeness (QED) is 0.601. The van der Waals surface area contributed by atoms with E-state index in [2.05, 4.69) is 20.9 Å². The molecule has 0 saturated carbocycles. The van der Waals surface area contributed by atoms with Crippen molar-refractivity contribution in [3.05, 3.63) is 54.2 Å². The normalized spacial score (nSPS) is 10.6. The topological polar surface area (TPSA) is 60.9 Å². The molecule has 0 amide bonds. The molecule has 18 heavy (non-hydrogen) atoms. The molecule has 1 aromatic carbocycles. The molecule has 0 bridgehead atoms. The smallest absolute Gasteiger partial charge is 0.267 e. The first-order valence-electron chi connectivity index (χ1n) is 5.24. The largest absolute Gasteiger partial charge is 0.398 e. The second kappa shape index (κ2) is 5.40. The average molecular weight is 420 g/mol. The van der Waals surface area contributed by atoms with Crippen LogP contribution in [0, 0.1) is 10.5 Å². The molecular formula is C12H11BrIN3O. The Hall–Kier alpha value is -0.890. The first-order chi connectivity index (χ1) is 8.49. The van der Waals surface area contributed by atoms with E-state index in [0.29, 0.717) is 15.8 Å². The Balaban J connectivity index is 2.37. The van der Waals surface area contributed by atoms with Gasteiger partial charge >= 0.3 is 0 Å². The molecule has 2 rings (SSSR count). The van der Waals surface area contributed by atoms with Crippen LogP contribution in [-0.4, -0.2) is 9.55 Å². The molecule has 0 aliphatic heterocycles. The van der Waals surface area contributed by atoms with Crippen LogP contribution in [0.15, 0.2) is 33.8 Å². The molecular weight excluding hydrogens is 409 g/mol. The summed E-state index contributed by atoms with van der Waals surface area (Å²) in [6.07, 6.45) is 1.57. The molecule has 2 N–H and O–H groups in total. The van der Waals surface area contributed by atoms with E-state index in [9.17, 15) is 4.79 Å². The summed E-state index contributed by atoms with van der Waals surface area (Å²) in [5.74, 6) is 0. The van der Waals surface area contributed by atoms with Gasteiger partial charge in [0.25, 0.3) is 5.56 Å². The Bertz CT molecular complexity index is 654. The lowest BCUT2D eigenvalue weighted by molar-refractivity contribution is 0.724. The van der Waals surface area contributed by atoms with Gasteiger partial charge in [-0.2, -0.15) is 0 Å². The van der Waals surface area contributed by atoms with E-state index < -0.39 is 0 Å². The van der Waals surface area contributed by atoms with Gasteiger partial charge in [0.05, 0.1) is 22.1 Å². The summed E-state index contributed by atoms with van der Waals surface area (Å²) < 4.78 is 3.09. The van der Waals surface area contributed by atoms with Crippen LogP contribution in [-0.2, 0) is 6.54 Å². The molecule has 94 valence electrons. The van der Waals surface area contributed by atoms with Crippen LogP contribution in [0.1, 0.15) is 11.3 Å². The van der Waals surface area contributed by atoms with Crippen LogP contribution in [0.3, 0.4) is 0 Å². The van der Waals surface area contributed by atoms with Crippen molar-refractivity contribution >= 4 is 44.2 Å². The van der Waals surface area contributed by atoms with Gasteiger partial charge in [-0.15, -0.1) is 0 Å². The number of nitrogens with zero attached hydrogens (tertiary/aromatic N) is 2. The Kier molecular flexibility index (Phi) is 4.06. The highest BCUT2D eigenvalue weighted by Gasteiger charge is 2.06. The molecule has 6 heteroatoms. The number of benzene rings is 1. The fourth-order valence-electron chi connectivity index (χ4n) is 1.55. The second-order valence-corrected chi connectivity index (χ2v) is 5.87. The fraction of sp³-hybridized carbons (Fsp3) is 0.167. The van der Waals surface area contributed by atoms with Gasteiger partial charge in [0.1, 0.15) is 0 Å². The fourth-order valence-corrected chi connectivity index (χ4v) is 2.24. The molecule has 0 saturated heterocycles. The highest BCUT2D eigenvalue weighted by molar-refractivity contribution is 14.1. The van der Waals surface area contributed by atoms with Gasteiger partial charge in [0, 0.05) is 10.2 Å². The number of rotatable bonds is 2. The van der Waals surface area contributed by atoms with E-state index in [1.165, 1.54) is 0 Å². The predicted molar refractivity (Wildman–Crippen MR) is 83.6 cm³/mol. The first-order valence-corrected chi connectivity index (χ1v) is 7.11. The van der Waals surface area contributed by atoms with Crippen LogP contribution in [0.4, 0.5) is 5.69 Å². The number of aromatic nitrogens is 2. The molecule has 0 aliphatic rings. The van der Waals surface area contributed by atoms with E-state index in [-0.39, 0.29) is 5.56 Å². The van der Waals surface area contributed by atoms with Crippen molar-refractivity contribution in [1.82, 2.24) is 9.55 Å². The van der Waals surface area contributed by atoms with Gasteiger partial charge in [-0.3, -0.25) is 9.36 Å². The van der Waals surface area contributed by atoms with Crippen molar-refractivity contribution in [3.8, 4) is 0 Å². The Morgan fingerprint density at radius 3 is 2.89 bits per heavy atom. The van der Waals surface area contributed by atoms with Gasteiger partial charge in [0.15, 0.2) is 0 Å². The van der Waals surface area contributed by atoms with Crippen molar-refractivity contribution in [1.29, 1.82) is 0 Å². The maximum absolute atomic E-state index is 12.0. The molecule has 1 heterocycles. The zero-order chi connectivity index (χ0) is 13.3. The summed E-state index contributed by atoms with van der Waals surface area (Å²) in [5.41, 5.74) is 8.18. The van der Waals surface area contributed by atoms with E-state index in [1.807, 2.05) is 47.7 Å². The van der Waals surface area contributed by atoms with Crippen molar-refractivity contribution in [3.63, 3.8) is 0 Å². The van der Waals surface area contributed by atoms with E-state index in [0.717, 1.165) is 15.7 Å². The maximum atomic E-state index is 12.0. The Morgan fingerprint density at radius 1 is 1.50 bits per heavy atom. The molecule has 1 aromatic heterocycles. The van der Waals surface area contributed by atoms with Crippen molar-refractivity contribution in [2.75, 3.05) is 5.73 Å². The number of nitrogen functional groups attached to an aromatic ring is 1. The minimum absolute atomic E-state index is 0.0235. The summed E-state index contributed by atoms with van der Waals surface area (Å²) in [6.45, 7) is 2.30. The second-order valence-electron chi connectivity index (χ2n) is 3.93. The lowest BCUT2D eigenvalue weighted by Gasteiger charge is -2.08. The monoisotopic (exact) mass is 419 g/mol. The molecule has 0 aliphatic carbocycles. The van der Waals surface area contributed by atoms with E-state index >= 15 is 0 Å². The number of anilines is 1. The highest BCUT2D eigenvalue weighted by Crippen LogP contribution is 2.20. The first kappa shape index (κ1) is 13.5. The van der Waals surface area contributed by atoms with Crippen molar-refractivity contribution < 1.29 is 0 Å². The Morgan fingerprint density at radius 2 is 2.22 bits per heavy atom. The van der Waals surface area contributed by atoms with Gasteiger partial charge < -0.3 is 5.73 Å². The number of aryl methyl sites for hydroxylation is 1. The summed E-state index contributed by atoms with van der Waals surface area (Å²) >= 11 is 5.36. The predicted octanol–water partition coefficient (Wildman–Crippen LogP) is 2.55. The number of halogens is 2. The third-order valence-electron chi connectivity index (χ3n) is 2.57. The summed E-state index contributed by atoms with van der Waals surface area (Å²) in [5, 5.41) is 0. The van der Waals surface area contributed by atoms with Crippen molar-refractivity contribution in [2.24, 2.45) is 0 Å². The van der Waals surface area contributed by atoms with Crippen LogP contribution in [0.25, 0.3) is 0 Å². The third kappa shape index (κ3) is 2.74. The molecule has 0 radical (unpaired) electrons. The molecule has 0 spiro atoms. The minimum Gasteiger partial charge on any atom is -0.398 e. The van der Waals surface area contributed by atoms with Crippen LogP contribution in [0.5, 0.6) is 0 Å². The van der Waals surface area contributed by atoms with E-state index in [1.54, 1.807) is 10.9 Å². The Labute approximate surface area is 126 Å². The average Bonchev–Trinajstić information content (AvgIpc) is 2.34. The lowest BCUT2D eigenvalue weighted by Crippen LogP contribution is -2.24. The third-order valence-corrected chi connectivity index (χ3v) is 4.53. The van der Waals surface area contributed by atoms with Gasteiger partial charge in [-0.25, -0.2) is 4.98 Å². The SMILES string of the molecule is Cc1ncn(Cc2ccc(Br)c(N)c2)c(=O)c1I. The van der Waals surface area contributed by atoms with Gasteiger partial charge in [-0.05, 0) is 63.1 Å². The summed E-state index contributed by atoms with van der Waals surface area (Å²) in [4.78, 5) is 16.2. The van der Waals surface area contributed by atoms with Crippen LogP contribution >= 0.6 is 38.5 Å². The summed E-state index contributed by atoms with van der Waals surface area (Å²) in [7, 11) is 0. The zero-order valence-electron chi connectivity index (χ0n) is 9.65. The molecule has 0 atom stereocenters. The van der Waals surface area contributed by atoms with Gasteiger partial charge in [-0.1, -0.05) is 6.07 Å². The standard InChI is InChI=1S/C12H11BrIN3O/c1-7-11(14)12(18)17(6-16-7)5-8-2-3-9(13)10(15)4-8/h2-4,6H,5,15H2,1H3. The number of hydrogen-bond donors (Lipinski definition) is 1. The highest BCUT2D eigenvalue weighted by atomic mass is 127. The lowest BCUT2D eigenvalue weighted by atomic mass is 10.2. The molecule has 4 nitrogen and oxygen atoms in total. The minimum atomic E-state index is -0.0235. The summed E-state index contributed by atoms with van der Waals surface area (Å²) in [6, 6.07) is 5.66. The van der Waals surface area contributed by atoms with Crippen LogP contribution < -0.4 is 11.3 Å². The number of nitrogens with two attached hydrogens (primary N) is 1. The van der Waals surface area contributed by atoms with Gasteiger partial charge in [0.2, 0.25) is 0 Å². The van der Waals surface area contributed by atoms with Crippen molar-refractivity contribution in [2.45, 2.75) is 13.5 Å². The molecule has 0 unspecified atom stereocenters. The van der Waals surface area contributed by atoms with Crippen LogP contribution in [0.2, 0.25) is 0 Å². The molecule has 2 aromatic rings. The maximum Gasteiger partial charge on any atom is 0.267 e. The number of hydrogen-bond acceptors (Lipinski definition) is 3. The van der Waals surface area contributed by atoms with E-state index in [4.69, 9.17) is 5.73 Å².